The van der Waals surface area contributed by atoms with Gasteiger partial charge in [-0.2, -0.15) is 0 Å². The van der Waals surface area contributed by atoms with Crippen LogP contribution in [-0.4, -0.2) is 108 Å². The number of aliphatic hydroxyl groups is 7. The van der Waals surface area contributed by atoms with E-state index >= 15 is 0 Å². The molecule has 1 saturated carbocycles. The van der Waals surface area contributed by atoms with Crippen molar-refractivity contribution in [3.63, 3.8) is 0 Å². The molecule has 0 radical (unpaired) electrons. The first-order valence-corrected chi connectivity index (χ1v) is 26.4. The van der Waals surface area contributed by atoms with E-state index in [0.29, 0.717) is 12.8 Å². The Morgan fingerprint density at radius 3 is 1.40 bits per heavy atom. The number of unbranched alkanes of at least 4 members (excludes halogenated alkanes) is 25. The number of phosphoric acid groups is 1. The number of hydrogen-bond donors (Lipinski definition) is 9. The summed E-state index contributed by atoms with van der Waals surface area (Å²) in [6.07, 6.45) is 27.9. The van der Waals surface area contributed by atoms with Crippen molar-refractivity contribution in [2.24, 2.45) is 0 Å². The maximum Gasteiger partial charge on any atom is 0.472 e. The third-order valence-corrected chi connectivity index (χ3v) is 13.1. The van der Waals surface area contributed by atoms with E-state index in [9.17, 15) is 50.0 Å². The molecule has 0 aromatic heterocycles. The quantitative estimate of drug-likeness (QED) is 0.0159. The van der Waals surface area contributed by atoms with E-state index < -0.39 is 75.2 Å². The van der Waals surface area contributed by atoms with Crippen LogP contribution in [-0.2, 0) is 18.4 Å². The smallest absolute Gasteiger partial charge is 0.393 e. The normalized spacial score (nSPS) is 23.2. The number of phosphoric ester groups is 1. The fraction of sp³-hybridized carbons (Fsp3) is 0.896. The van der Waals surface area contributed by atoms with Gasteiger partial charge in [-0.1, -0.05) is 192 Å². The van der Waals surface area contributed by atoms with Crippen molar-refractivity contribution in [2.75, 3.05) is 6.61 Å². The van der Waals surface area contributed by atoms with Gasteiger partial charge >= 0.3 is 7.82 Å². The van der Waals surface area contributed by atoms with Crippen LogP contribution in [0.2, 0.25) is 0 Å². The Kier molecular flexibility index (Phi) is 36.0. The van der Waals surface area contributed by atoms with Gasteiger partial charge in [-0.25, -0.2) is 4.57 Å². The van der Waals surface area contributed by atoms with Crippen molar-refractivity contribution in [1.29, 1.82) is 0 Å². The van der Waals surface area contributed by atoms with E-state index in [1.807, 2.05) is 0 Å². The van der Waals surface area contributed by atoms with E-state index in [1.54, 1.807) is 0 Å². The summed E-state index contributed by atoms with van der Waals surface area (Å²) in [5, 5.41) is 74.7. The summed E-state index contributed by atoms with van der Waals surface area (Å²) in [4.78, 5) is 23.5. The molecule has 13 nitrogen and oxygen atoms in total. The van der Waals surface area contributed by atoms with Crippen LogP contribution in [0.5, 0.6) is 0 Å². The average Bonchev–Trinajstić information content (AvgIpc) is 3.24. The van der Waals surface area contributed by atoms with Crippen molar-refractivity contribution < 1.29 is 59.0 Å². The number of aliphatic hydroxyl groups excluding tert-OH is 7. The van der Waals surface area contributed by atoms with Crippen molar-refractivity contribution in [2.45, 2.75) is 268 Å². The van der Waals surface area contributed by atoms with Gasteiger partial charge in [0.1, 0.15) is 36.6 Å². The number of carbonyl (C=O) groups is 1. The highest BCUT2D eigenvalue weighted by molar-refractivity contribution is 7.47. The molecule has 0 heterocycles. The SMILES string of the molecule is CCCCC/C=C\C=C/CCCCCCC(O)CC(=O)NC(COP(=O)(O)OC1C(O)C(O)C(O)C(O)C1O)C(O)CCCCCCCCCCCCCCCCCCCCC. The topological polar surface area (TPSA) is 226 Å². The van der Waals surface area contributed by atoms with Crippen LogP contribution in [0.1, 0.15) is 213 Å². The number of allylic oxidation sites excluding steroid dienone is 4. The van der Waals surface area contributed by atoms with Gasteiger partial charge in [-0.3, -0.25) is 13.8 Å². The summed E-state index contributed by atoms with van der Waals surface area (Å²) in [5.41, 5.74) is 0. The molecule has 0 aliphatic heterocycles. The molecule has 1 amide bonds. The number of carbonyl (C=O) groups excluding carboxylic acids is 1. The Hall–Kier alpha value is -1.22. The standard InChI is InChI=1S/C48H92NO12P/c1-3-5-7-9-11-13-15-17-18-19-20-21-22-24-26-28-30-32-34-36-41(51)40(38-60-62(58,59)61-48-46(56)44(54)43(53)45(55)47(48)57)49-42(52)37-39(50)35-33-31-29-27-25-23-16-14-12-10-8-6-4-2/h12,14,16,23,39-41,43-48,50-51,53-57H,3-11,13,15,17-22,24-38H2,1-2H3,(H,49,52)(H,58,59)/b14-12-,23-16-. The van der Waals surface area contributed by atoms with Crippen molar-refractivity contribution in [1.82, 2.24) is 5.32 Å². The summed E-state index contributed by atoms with van der Waals surface area (Å²) in [6, 6.07) is -1.16. The molecule has 62 heavy (non-hydrogen) atoms. The fourth-order valence-corrected chi connectivity index (χ4v) is 8.97. The molecule has 8 atom stereocenters. The predicted molar refractivity (Wildman–Crippen MR) is 247 cm³/mol. The van der Waals surface area contributed by atoms with Crippen LogP contribution in [0.3, 0.4) is 0 Å². The van der Waals surface area contributed by atoms with Crippen LogP contribution in [0.15, 0.2) is 24.3 Å². The van der Waals surface area contributed by atoms with Crippen LogP contribution in [0.4, 0.5) is 0 Å². The minimum absolute atomic E-state index is 0.234. The molecule has 0 aromatic carbocycles. The van der Waals surface area contributed by atoms with Crippen LogP contribution < -0.4 is 5.32 Å². The first kappa shape index (κ1) is 58.8. The molecule has 14 heteroatoms. The van der Waals surface area contributed by atoms with Gasteiger partial charge in [0.05, 0.1) is 31.3 Å². The minimum atomic E-state index is -5.12. The molecular formula is C48H92NO12P. The van der Waals surface area contributed by atoms with E-state index in [4.69, 9.17) is 9.05 Å². The average molecular weight is 906 g/mol. The molecule has 0 aromatic rings. The van der Waals surface area contributed by atoms with Gasteiger partial charge in [-0.15, -0.1) is 0 Å². The molecule has 1 fully saturated rings. The van der Waals surface area contributed by atoms with Crippen molar-refractivity contribution in [3.8, 4) is 0 Å². The van der Waals surface area contributed by atoms with Gasteiger partial charge < -0.3 is 46.0 Å². The lowest BCUT2D eigenvalue weighted by molar-refractivity contribution is -0.220. The van der Waals surface area contributed by atoms with E-state index in [-0.39, 0.29) is 12.8 Å². The Labute approximate surface area is 375 Å². The second-order valence-electron chi connectivity index (χ2n) is 17.9. The van der Waals surface area contributed by atoms with E-state index in [0.717, 1.165) is 64.2 Å². The molecule has 1 aliphatic rings. The van der Waals surface area contributed by atoms with Crippen LogP contribution in [0, 0.1) is 0 Å². The highest BCUT2D eigenvalue weighted by Crippen LogP contribution is 2.47. The zero-order valence-corrected chi connectivity index (χ0v) is 39.7. The monoisotopic (exact) mass is 906 g/mol. The van der Waals surface area contributed by atoms with E-state index in [1.165, 1.54) is 109 Å². The van der Waals surface area contributed by atoms with Gasteiger partial charge in [0, 0.05) is 0 Å². The lowest BCUT2D eigenvalue weighted by Gasteiger charge is -2.41. The second-order valence-corrected chi connectivity index (χ2v) is 19.3. The van der Waals surface area contributed by atoms with Gasteiger partial charge in [0.15, 0.2) is 0 Å². The number of amides is 1. The molecule has 1 rings (SSSR count). The second kappa shape index (κ2) is 37.9. The Morgan fingerprint density at radius 1 is 0.565 bits per heavy atom. The molecule has 1 aliphatic carbocycles. The van der Waals surface area contributed by atoms with Gasteiger partial charge in [-0.05, 0) is 38.5 Å². The van der Waals surface area contributed by atoms with Crippen LogP contribution >= 0.6 is 7.82 Å². The number of nitrogens with one attached hydrogen (secondary N) is 1. The third kappa shape index (κ3) is 29.3. The third-order valence-electron chi connectivity index (χ3n) is 12.1. The first-order chi connectivity index (χ1) is 29.8. The van der Waals surface area contributed by atoms with Crippen LogP contribution in [0.25, 0.3) is 0 Å². The lowest BCUT2D eigenvalue weighted by atomic mass is 9.85. The number of hydrogen-bond acceptors (Lipinski definition) is 11. The molecule has 0 bridgehead atoms. The lowest BCUT2D eigenvalue weighted by Crippen LogP contribution is -2.64. The van der Waals surface area contributed by atoms with Crippen molar-refractivity contribution in [3.05, 3.63) is 24.3 Å². The molecule has 0 saturated heterocycles. The summed E-state index contributed by atoms with van der Waals surface area (Å²) in [5.74, 6) is -0.571. The molecule has 9 N–H and O–H groups in total. The summed E-state index contributed by atoms with van der Waals surface area (Å²) < 4.78 is 23.0. The Bertz CT molecular complexity index is 1160. The molecular weight excluding hydrogens is 813 g/mol. The van der Waals surface area contributed by atoms with Gasteiger partial charge in [0.2, 0.25) is 5.91 Å². The highest BCUT2D eigenvalue weighted by atomic mass is 31.2. The van der Waals surface area contributed by atoms with E-state index in [2.05, 4.69) is 43.5 Å². The maximum absolute atomic E-state index is 13.0. The summed E-state index contributed by atoms with van der Waals surface area (Å²) >= 11 is 0. The zero-order valence-electron chi connectivity index (χ0n) is 38.8. The molecule has 366 valence electrons. The molecule has 8 unspecified atom stereocenters. The predicted octanol–water partition coefficient (Wildman–Crippen LogP) is 8.76. The summed E-state index contributed by atoms with van der Waals surface area (Å²) in [6.45, 7) is 3.76. The Morgan fingerprint density at radius 2 is 0.935 bits per heavy atom. The minimum Gasteiger partial charge on any atom is -0.393 e. The Balaban J connectivity index is 2.49. The number of rotatable bonds is 41. The fourth-order valence-electron chi connectivity index (χ4n) is 8.00. The zero-order chi connectivity index (χ0) is 45.9. The molecule has 0 spiro atoms. The highest BCUT2D eigenvalue weighted by Gasteiger charge is 2.51. The largest absolute Gasteiger partial charge is 0.472 e. The maximum atomic E-state index is 13.0. The van der Waals surface area contributed by atoms with Crippen molar-refractivity contribution >= 4 is 13.7 Å². The summed E-state index contributed by atoms with van der Waals surface area (Å²) in [7, 11) is -5.12. The first-order valence-electron chi connectivity index (χ1n) is 24.9. The van der Waals surface area contributed by atoms with Gasteiger partial charge in [0.25, 0.3) is 0 Å².